The summed E-state index contributed by atoms with van der Waals surface area (Å²) >= 11 is 0. The lowest BCUT2D eigenvalue weighted by atomic mass is 9.94. The number of ether oxygens (including phenoxy) is 3. The summed E-state index contributed by atoms with van der Waals surface area (Å²) in [7, 11) is 3.00. The number of carbonyl (C=O) groups excluding carboxylic acids is 2. The first-order valence-corrected chi connectivity index (χ1v) is 11.0. The number of methoxy groups -OCH3 is 2. The van der Waals surface area contributed by atoms with E-state index in [-0.39, 0.29) is 23.4 Å². The van der Waals surface area contributed by atoms with Crippen LogP contribution in [0.5, 0.6) is 11.5 Å². The molecule has 2 heterocycles. The zero-order valence-electron chi connectivity index (χ0n) is 19.1. The van der Waals surface area contributed by atoms with Crippen molar-refractivity contribution >= 4 is 17.4 Å². The molecular weight excluding hydrogens is 443 g/mol. The molecule has 1 atom stereocenters. The van der Waals surface area contributed by atoms with Crippen LogP contribution in [-0.2, 0) is 14.3 Å². The second kappa shape index (κ2) is 10.2. The summed E-state index contributed by atoms with van der Waals surface area (Å²) in [6.45, 7) is 3.47. The highest BCUT2D eigenvalue weighted by Crippen LogP contribution is 2.43. The predicted molar refractivity (Wildman–Crippen MR) is 122 cm³/mol. The van der Waals surface area contributed by atoms with E-state index in [1.807, 2.05) is 0 Å². The Kier molecular flexibility index (Phi) is 7.14. The smallest absolute Gasteiger partial charge is 0.295 e. The second-order valence-corrected chi connectivity index (χ2v) is 8.06. The maximum atomic E-state index is 13.5. The summed E-state index contributed by atoms with van der Waals surface area (Å²) < 4.78 is 29.7. The molecule has 0 aromatic heterocycles. The van der Waals surface area contributed by atoms with Gasteiger partial charge in [0, 0.05) is 37.3 Å². The summed E-state index contributed by atoms with van der Waals surface area (Å²) in [5, 5.41) is 11.1. The molecule has 0 spiro atoms. The number of benzene rings is 2. The Morgan fingerprint density at radius 3 is 2.41 bits per heavy atom. The zero-order chi connectivity index (χ0) is 24.2. The van der Waals surface area contributed by atoms with E-state index in [9.17, 15) is 19.1 Å². The minimum absolute atomic E-state index is 0.0786. The van der Waals surface area contributed by atoms with Gasteiger partial charge in [-0.1, -0.05) is 0 Å². The number of carbonyl (C=O) groups is 2. The van der Waals surface area contributed by atoms with Crippen molar-refractivity contribution < 1.29 is 33.3 Å². The van der Waals surface area contributed by atoms with Crippen LogP contribution < -0.4 is 9.47 Å². The Morgan fingerprint density at radius 1 is 1.06 bits per heavy atom. The number of likely N-dealkylation sites (tertiary alicyclic amines) is 1. The van der Waals surface area contributed by atoms with Gasteiger partial charge in [0.15, 0.2) is 0 Å². The van der Waals surface area contributed by atoms with Crippen molar-refractivity contribution in [3.05, 3.63) is 65.0 Å². The fourth-order valence-electron chi connectivity index (χ4n) is 4.32. The Morgan fingerprint density at radius 2 is 1.76 bits per heavy atom. The van der Waals surface area contributed by atoms with Crippen molar-refractivity contribution in [2.75, 3.05) is 53.6 Å². The predicted octanol–water partition coefficient (Wildman–Crippen LogP) is 2.60. The number of hydrogen-bond donors (Lipinski definition) is 1. The van der Waals surface area contributed by atoms with Gasteiger partial charge in [0.25, 0.3) is 11.7 Å². The van der Waals surface area contributed by atoms with Crippen LogP contribution in [0, 0.1) is 5.82 Å². The van der Waals surface area contributed by atoms with Crippen LogP contribution in [0.4, 0.5) is 4.39 Å². The second-order valence-electron chi connectivity index (χ2n) is 8.06. The third kappa shape index (κ3) is 4.62. The number of halogens is 1. The summed E-state index contributed by atoms with van der Waals surface area (Å²) in [5.74, 6) is -1.42. The first-order valence-electron chi connectivity index (χ1n) is 11.0. The molecule has 34 heavy (non-hydrogen) atoms. The molecule has 0 saturated carbocycles. The summed E-state index contributed by atoms with van der Waals surface area (Å²) in [5.41, 5.74) is 0.663. The Labute approximate surface area is 197 Å². The minimum Gasteiger partial charge on any atom is -0.507 e. The topological polar surface area (TPSA) is 88.5 Å². The standard InChI is InChI=1S/C25H27FN2O6/c1-32-18-7-8-20(33-2)19(15-18)22-21(23(29)16-3-5-17(26)6-4-16)24(30)25(31)28(22)10-9-27-11-13-34-14-12-27/h3-8,15,22,29H,9-14H2,1-2H3/b23-21+/t22-/m1/s1. The molecule has 2 aliphatic rings. The number of aliphatic hydroxyl groups is 1. The van der Waals surface area contributed by atoms with Gasteiger partial charge in [0.2, 0.25) is 0 Å². The van der Waals surface area contributed by atoms with E-state index in [0.717, 1.165) is 13.1 Å². The van der Waals surface area contributed by atoms with Crippen LogP contribution in [0.15, 0.2) is 48.0 Å². The van der Waals surface area contributed by atoms with Crippen LogP contribution in [0.1, 0.15) is 17.2 Å². The molecule has 1 N–H and O–H groups in total. The molecule has 2 fully saturated rings. The molecule has 2 saturated heterocycles. The normalized spacial score (nSPS) is 20.6. The molecule has 0 bridgehead atoms. The first-order chi connectivity index (χ1) is 16.4. The van der Waals surface area contributed by atoms with E-state index >= 15 is 0 Å². The lowest BCUT2D eigenvalue weighted by molar-refractivity contribution is -0.140. The largest absolute Gasteiger partial charge is 0.507 e. The van der Waals surface area contributed by atoms with Crippen LogP contribution in [0.25, 0.3) is 5.76 Å². The number of nitrogens with zero attached hydrogens (tertiary/aromatic N) is 2. The number of morpholine rings is 1. The molecule has 8 nitrogen and oxygen atoms in total. The fraction of sp³-hybridized carbons (Fsp3) is 0.360. The lowest BCUT2D eigenvalue weighted by Crippen LogP contribution is -2.42. The average molecular weight is 470 g/mol. The Bertz CT molecular complexity index is 1100. The van der Waals surface area contributed by atoms with E-state index in [2.05, 4.69) is 4.90 Å². The van der Waals surface area contributed by atoms with Gasteiger partial charge in [0.1, 0.15) is 23.1 Å². The van der Waals surface area contributed by atoms with Crippen molar-refractivity contribution in [3.63, 3.8) is 0 Å². The van der Waals surface area contributed by atoms with E-state index in [1.165, 1.54) is 43.4 Å². The summed E-state index contributed by atoms with van der Waals surface area (Å²) in [6.07, 6.45) is 0. The van der Waals surface area contributed by atoms with Crippen LogP contribution >= 0.6 is 0 Å². The first kappa shape index (κ1) is 23.7. The molecule has 180 valence electrons. The van der Waals surface area contributed by atoms with E-state index in [4.69, 9.17) is 14.2 Å². The van der Waals surface area contributed by atoms with Crippen LogP contribution in [0.2, 0.25) is 0 Å². The van der Waals surface area contributed by atoms with Crippen molar-refractivity contribution in [1.82, 2.24) is 9.80 Å². The lowest BCUT2D eigenvalue weighted by Gasteiger charge is -2.31. The number of hydrogen-bond acceptors (Lipinski definition) is 7. The molecular formula is C25H27FN2O6. The average Bonchev–Trinajstić information content (AvgIpc) is 3.12. The minimum atomic E-state index is -0.906. The van der Waals surface area contributed by atoms with Crippen LogP contribution in [0.3, 0.4) is 0 Å². The van der Waals surface area contributed by atoms with Crippen molar-refractivity contribution in [3.8, 4) is 11.5 Å². The van der Waals surface area contributed by atoms with Gasteiger partial charge in [-0.25, -0.2) is 4.39 Å². The third-order valence-corrected chi connectivity index (χ3v) is 6.15. The van der Waals surface area contributed by atoms with E-state index in [0.29, 0.717) is 36.8 Å². The number of aliphatic hydroxyl groups excluding tert-OH is 1. The highest BCUT2D eigenvalue weighted by atomic mass is 19.1. The third-order valence-electron chi connectivity index (χ3n) is 6.15. The molecule has 2 aliphatic heterocycles. The molecule has 0 radical (unpaired) electrons. The number of amides is 1. The van der Waals surface area contributed by atoms with Gasteiger partial charge >= 0.3 is 0 Å². The molecule has 0 aliphatic carbocycles. The Hall–Kier alpha value is -3.43. The number of rotatable bonds is 7. The highest BCUT2D eigenvalue weighted by Gasteiger charge is 2.47. The number of ketones is 1. The fourth-order valence-corrected chi connectivity index (χ4v) is 4.32. The summed E-state index contributed by atoms with van der Waals surface area (Å²) in [6, 6.07) is 9.29. The molecule has 4 rings (SSSR count). The summed E-state index contributed by atoms with van der Waals surface area (Å²) in [4.78, 5) is 30.0. The molecule has 0 unspecified atom stereocenters. The molecule has 9 heteroatoms. The van der Waals surface area contributed by atoms with Gasteiger partial charge < -0.3 is 24.2 Å². The monoisotopic (exact) mass is 470 g/mol. The maximum Gasteiger partial charge on any atom is 0.295 e. The van der Waals surface area contributed by atoms with Crippen molar-refractivity contribution in [1.29, 1.82) is 0 Å². The SMILES string of the molecule is COc1ccc(OC)c([C@@H]2/C(=C(\O)c3ccc(F)cc3)C(=O)C(=O)N2CCN2CCOCC2)c1. The molecule has 2 aromatic rings. The quantitative estimate of drug-likeness (QED) is 0.378. The number of Topliss-reactive ketones (excluding diaryl/α,β-unsaturated/α-hetero) is 1. The molecule has 1 amide bonds. The molecule has 2 aromatic carbocycles. The van der Waals surface area contributed by atoms with E-state index in [1.54, 1.807) is 18.2 Å². The van der Waals surface area contributed by atoms with Gasteiger partial charge in [-0.2, -0.15) is 0 Å². The Balaban J connectivity index is 1.81. The van der Waals surface area contributed by atoms with Gasteiger partial charge in [0.05, 0.1) is 39.0 Å². The highest BCUT2D eigenvalue weighted by molar-refractivity contribution is 6.46. The van der Waals surface area contributed by atoms with Gasteiger partial charge in [-0.15, -0.1) is 0 Å². The van der Waals surface area contributed by atoms with Crippen LogP contribution in [-0.4, -0.2) is 80.2 Å². The maximum absolute atomic E-state index is 13.5. The van der Waals surface area contributed by atoms with Crippen molar-refractivity contribution in [2.45, 2.75) is 6.04 Å². The zero-order valence-corrected chi connectivity index (χ0v) is 19.1. The van der Waals surface area contributed by atoms with Gasteiger partial charge in [-0.05, 0) is 42.5 Å². The van der Waals surface area contributed by atoms with Gasteiger partial charge in [-0.3, -0.25) is 14.5 Å². The van der Waals surface area contributed by atoms with E-state index < -0.39 is 23.5 Å². The van der Waals surface area contributed by atoms with Crippen molar-refractivity contribution in [2.24, 2.45) is 0 Å².